The second-order valence-corrected chi connectivity index (χ2v) is 3.96. The summed E-state index contributed by atoms with van der Waals surface area (Å²) in [5, 5.41) is 8.32. The normalized spacial score (nSPS) is 10.4. The van der Waals surface area contributed by atoms with Crippen LogP contribution in [-0.2, 0) is 0 Å². The number of hydrogen-bond donors (Lipinski definition) is 0. The summed E-state index contributed by atoms with van der Waals surface area (Å²) >= 11 is 0. The van der Waals surface area contributed by atoms with Crippen molar-refractivity contribution in [2.75, 3.05) is 7.11 Å². The first kappa shape index (κ1) is 12.8. The van der Waals surface area contributed by atoms with E-state index in [9.17, 15) is 0 Å². The van der Waals surface area contributed by atoms with Crippen LogP contribution < -0.4 is 4.74 Å². The lowest BCUT2D eigenvalue weighted by Crippen LogP contribution is -1.87. The van der Waals surface area contributed by atoms with Gasteiger partial charge in [0.1, 0.15) is 11.4 Å². The van der Waals surface area contributed by atoms with Crippen molar-refractivity contribution in [3.8, 4) is 5.75 Å². The van der Waals surface area contributed by atoms with Gasteiger partial charge in [0, 0.05) is 0 Å². The molecule has 19 heavy (non-hydrogen) atoms. The van der Waals surface area contributed by atoms with Crippen LogP contribution in [0.15, 0.2) is 52.7 Å². The molecule has 0 aliphatic heterocycles. The third-order valence-electron chi connectivity index (χ3n) is 2.60. The summed E-state index contributed by atoms with van der Waals surface area (Å²) in [6, 6.07) is 12.9. The lowest BCUT2D eigenvalue weighted by Gasteiger charge is -2.07. The SMILES string of the molecule is [C-]#[N+]c1cc(C)c(OC)c(N=Nc2ccccc2)c1. The molecule has 0 saturated carbocycles. The average molecular weight is 251 g/mol. The molecular formula is C15H13N3O. The number of azo groups is 1. The zero-order valence-corrected chi connectivity index (χ0v) is 10.8. The van der Waals surface area contributed by atoms with Crippen LogP contribution in [-0.4, -0.2) is 7.11 Å². The Morgan fingerprint density at radius 1 is 1.11 bits per heavy atom. The molecule has 0 N–H and O–H groups in total. The molecule has 0 heterocycles. The Labute approximate surface area is 112 Å². The molecule has 0 fully saturated rings. The minimum Gasteiger partial charge on any atom is -0.494 e. The zero-order valence-electron chi connectivity index (χ0n) is 10.8. The third kappa shape index (κ3) is 2.96. The van der Waals surface area contributed by atoms with E-state index in [-0.39, 0.29) is 0 Å². The molecule has 2 aromatic rings. The fourth-order valence-corrected chi connectivity index (χ4v) is 1.75. The first-order valence-electron chi connectivity index (χ1n) is 5.77. The number of benzene rings is 2. The zero-order chi connectivity index (χ0) is 13.7. The molecule has 4 nitrogen and oxygen atoms in total. The van der Waals surface area contributed by atoms with Gasteiger partial charge in [0.25, 0.3) is 0 Å². The predicted molar refractivity (Wildman–Crippen MR) is 74.6 cm³/mol. The van der Waals surface area contributed by atoms with Gasteiger partial charge in [0.15, 0.2) is 5.69 Å². The van der Waals surface area contributed by atoms with Crippen LogP contribution in [0, 0.1) is 13.5 Å². The largest absolute Gasteiger partial charge is 0.494 e. The second kappa shape index (κ2) is 5.78. The van der Waals surface area contributed by atoms with Crippen molar-refractivity contribution in [1.82, 2.24) is 0 Å². The Morgan fingerprint density at radius 2 is 1.84 bits per heavy atom. The van der Waals surface area contributed by atoms with E-state index in [2.05, 4.69) is 15.1 Å². The Hall–Kier alpha value is -2.67. The van der Waals surface area contributed by atoms with Crippen LogP contribution in [0.5, 0.6) is 5.75 Å². The number of nitrogens with zero attached hydrogens (tertiary/aromatic N) is 3. The molecular weight excluding hydrogens is 238 g/mol. The molecule has 0 amide bonds. The quantitative estimate of drug-likeness (QED) is 0.560. The standard InChI is InChI=1S/C15H13N3O/c1-11-9-13(16-2)10-14(15(11)19-3)18-17-12-7-5-4-6-8-12/h4-10H,1,3H3. The maximum atomic E-state index is 7.07. The molecule has 0 aromatic heterocycles. The van der Waals surface area contributed by atoms with Crippen LogP contribution in [0.4, 0.5) is 17.1 Å². The lowest BCUT2D eigenvalue weighted by molar-refractivity contribution is 0.413. The van der Waals surface area contributed by atoms with Crippen LogP contribution >= 0.6 is 0 Å². The van der Waals surface area contributed by atoms with Crippen molar-refractivity contribution >= 4 is 17.1 Å². The summed E-state index contributed by atoms with van der Waals surface area (Å²) in [4.78, 5) is 3.42. The number of rotatable bonds is 3. The molecule has 0 radical (unpaired) electrons. The topological polar surface area (TPSA) is 38.3 Å². The van der Waals surface area contributed by atoms with Gasteiger partial charge in [-0.3, -0.25) is 0 Å². The van der Waals surface area contributed by atoms with E-state index in [1.807, 2.05) is 37.3 Å². The van der Waals surface area contributed by atoms with Gasteiger partial charge in [-0.2, -0.15) is 5.11 Å². The predicted octanol–water partition coefficient (Wildman–Crippen LogP) is 4.97. The third-order valence-corrected chi connectivity index (χ3v) is 2.60. The summed E-state index contributed by atoms with van der Waals surface area (Å²) in [6.07, 6.45) is 0. The summed E-state index contributed by atoms with van der Waals surface area (Å²) in [7, 11) is 1.58. The van der Waals surface area contributed by atoms with Crippen molar-refractivity contribution in [3.05, 3.63) is 59.4 Å². The molecule has 2 aromatic carbocycles. The highest BCUT2D eigenvalue weighted by Gasteiger charge is 2.08. The Balaban J connectivity index is 2.42. The van der Waals surface area contributed by atoms with E-state index in [1.54, 1.807) is 19.2 Å². The van der Waals surface area contributed by atoms with E-state index < -0.39 is 0 Å². The number of ether oxygens (including phenoxy) is 1. The monoisotopic (exact) mass is 251 g/mol. The molecule has 94 valence electrons. The van der Waals surface area contributed by atoms with Crippen LogP contribution in [0.3, 0.4) is 0 Å². The number of hydrogen-bond acceptors (Lipinski definition) is 3. The van der Waals surface area contributed by atoms with Crippen LogP contribution in [0.2, 0.25) is 0 Å². The van der Waals surface area contributed by atoms with Gasteiger partial charge in [-0.15, -0.1) is 5.11 Å². The second-order valence-electron chi connectivity index (χ2n) is 3.96. The molecule has 0 bridgehead atoms. The summed E-state index contributed by atoms with van der Waals surface area (Å²) in [5.41, 5.74) is 2.73. The first-order chi connectivity index (χ1) is 9.24. The van der Waals surface area contributed by atoms with Crippen molar-refractivity contribution in [2.24, 2.45) is 10.2 Å². The molecule has 0 atom stereocenters. The summed E-state index contributed by atoms with van der Waals surface area (Å²) in [5.74, 6) is 0.645. The van der Waals surface area contributed by atoms with E-state index in [4.69, 9.17) is 11.3 Å². The summed E-state index contributed by atoms with van der Waals surface area (Å²) in [6.45, 7) is 8.96. The Kier molecular flexibility index (Phi) is 3.89. The van der Waals surface area contributed by atoms with Crippen molar-refractivity contribution in [2.45, 2.75) is 6.92 Å². The molecule has 4 heteroatoms. The maximum absolute atomic E-state index is 7.07. The van der Waals surface area contributed by atoms with E-state index >= 15 is 0 Å². The highest BCUT2D eigenvalue weighted by Crippen LogP contribution is 2.36. The van der Waals surface area contributed by atoms with Gasteiger partial charge in [0.2, 0.25) is 0 Å². The Morgan fingerprint density at radius 3 is 2.47 bits per heavy atom. The smallest absolute Gasteiger partial charge is 0.189 e. The van der Waals surface area contributed by atoms with Gasteiger partial charge in [0.05, 0.1) is 19.4 Å². The first-order valence-corrected chi connectivity index (χ1v) is 5.77. The van der Waals surface area contributed by atoms with Gasteiger partial charge in [-0.1, -0.05) is 18.2 Å². The highest BCUT2D eigenvalue weighted by atomic mass is 16.5. The van der Waals surface area contributed by atoms with Crippen molar-refractivity contribution in [3.63, 3.8) is 0 Å². The van der Waals surface area contributed by atoms with Gasteiger partial charge < -0.3 is 4.74 Å². The fourth-order valence-electron chi connectivity index (χ4n) is 1.75. The summed E-state index contributed by atoms with van der Waals surface area (Å²) < 4.78 is 5.31. The van der Waals surface area contributed by atoms with Gasteiger partial charge >= 0.3 is 0 Å². The van der Waals surface area contributed by atoms with Crippen LogP contribution in [0.25, 0.3) is 4.85 Å². The molecule has 0 saturated heterocycles. The number of aryl methyl sites for hydroxylation is 1. The van der Waals surface area contributed by atoms with E-state index in [0.717, 1.165) is 11.3 Å². The molecule has 2 rings (SSSR count). The minimum atomic E-state index is 0.528. The van der Waals surface area contributed by atoms with E-state index in [1.165, 1.54) is 0 Å². The van der Waals surface area contributed by atoms with Crippen molar-refractivity contribution in [1.29, 1.82) is 0 Å². The van der Waals surface area contributed by atoms with Gasteiger partial charge in [-0.25, -0.2) is 4.85 Å². The fraction of sp³-hybridized carbons (Fsp3) is 0.133. The highest BCUT2D eigenvalue weighted by molar-refractivity contribution is 5.65. The van der Waals surface area contributed by atoms with Gasteiger partial charge in [-0.05, 0) is 36.8 Å². The maximum Gasteiger partial charge on any atom is 0.189 e. The van der Waals surface area contributed by atoms with E-state index in [0.29, 0.717) is 17.1 Å². The molecule has 0 aliphatic rings. The average Bonchev–Trinajstić information content (AvgIpc) is 2.45. The molecule has 0 unspecified atom stereocenters. The minimum absolute atomic E-state index is 0.528. The Bertz CT molecular complexity index is 642. The van der Waals surface area contributed by atoms with Crippen molar-refractivity contribution < 1.29 is 4.74 Å². The molecule has 0 spiro atoms. The number of methoxy groups -OCH3 is 1. The van der Waals surface area contributed by atoms with Crippen LogP contribution in [0.1, 0.15) is 5.56 Å². The lowest BCUT2D eigenvalue weighted by atomic mass is 10.1. The molecule has 0 aliphatic carbocycles.